The van der Waals surface area contributed by atoms with Crippen molar-refractivity contribution in [1.82, 2.24) is 10.1 Å². The molecule has 0 aliphatic rings. The molecule has 0 atom stereocenters. The highest BCUT2D eigenvalue weighted by Gasteiger charge is 2.10. The van der Waals surface area contributed by atoms with Crippen LogP contribution in [0.25, 0.3) is 11.5 Å². The summed E-state index contributed by atoms with van der Waals surface area (Å²) < 4.78 is 33.6. The summed E-state index contributed by atoms with van der Waals surface area (Å²) >= 11 is 0. The number of hydrogen-bond donors (Lipinski definition) is 1. The third-order valence-corrected chi connectivity index (χ3v) is 2.71. The lowest BCUT2D eigenvalue weighted by Crippen LogP contribution is -2.07. The fourth-order valence-corrected chi connectivity index (χ4v) is 1.58. The highest BCUT2D eigenvalue weighted by molar-refractivity contribution is 5.62. The predicted molar refractivity (Wildman–Crippen MR) is 69.4 cm³/mol. The summed E-state index contributed by atoms with van der Waals surface area (Å²) in [4.78, 5) is 4.17. The number of hydrogen-bond acceptors (Lipinski definition) is 5. The first kappa shape index (κ1) is 14.4. The number of nitrogens with two attached hydrogens (primary N) is 1. The van der Waals surface area contributed by atoms with Crippen molar-refractivity contribution in [3.05, 3.63) is 29.6 Å². The third-order valence-electron chi connectivity index (χ3n) is 2.71. The summed E-state index contributed by atoms with van der Waals surface area (Å²) in [6.45, 7) is 1.44. The van der Waals surface area contributed by atoms with E-state index in [0.717, 1.165) is 11.1 Å². The van der Waals surface area contributed by atoms with E-state index in [1.807, 2.05) is 19.1 Å². The maximum absolute atomic E-state index is 11.9. The first-order chi connectivity index (χ1) is 9.56. The van der Waals surface area contributed by atoms with Crippen LogP contribution in [0.2, 0.25) is 0 Å². The third kappa shape index (κ3) is 3.74. The van der Waals surface area contributed by atoms with Gasteiger partial charge < -0.3 is 15.0 Å². The summed E-state index contributed by atoms with van der Waals surface area (Å²) in [5.74, 6) is 0.758. The number of alkyl halides is 2. The molecule has 5 nitrogen and oxygen atoms in total. The standard InChI is InChI=1S/C13H15F2N3O2/c1-8-2-3-9(6-10(8)16)13-17-12(18-20-13)4-5-19-7-11(14)15/h2-3,6,11H,4-5,7,16H2,1H3. The quantitative estimate of drug-likeness (QED) is 0.651. The Morgan fingerprint density at radius 3 is 2.90 bits per heavy atom. The molecule has 0 fully saturated rings. The lowest BCUT2D eigenvalue weighted by molar-refractivity contribution is 0.0182. The molecule has 0 aliphatic heterocycles. The molecule has 0 amide bonds. The number of rotatable bonds is 6. The second-order valence-corrected chi connectivity index (χ2v) is 4.30. The predicted octanol–water partition coefficient (Wildman–Crippen LogP) is 2.45. The van der Waals surface area contributed by atoms with E-state index < -0.39 is 13.0 Å². The maximum atomic E-state index is 11.9. The van der Waals surface area contributed by atoms with Gasteiger partial charge in [-0.05, 0) is 24.6 Å². The Kier molecular flexibility index (Phi) is 4.62. The Morgan fingerprint density at radius 2 is 2.20 bits per heavy atom. The molecule has 2 N–H and O–H groups in total. The van der Waals surface area contributed by atoms with Crippen LogP contribution in [0.3, 0.4) is 0 Å². The van der Waals surface area contributed by atoms with Gasteiger partial charge in [0.25, 0.3) is 12.3 Å². The summed E-state index contributed by atoms with van der Waals surface area (Å²) in [5.41, 5.74) is 8.14. The fourth-order valence-electron chi connectivity index (χ4n) is 1.58. The molecule has 0 unspecified atom stereocenters. The monoisotopic (exact) mass is 283 g/mol. The molecular weight excluding hydrogens is 268 g/mol. The average Bonchev–Trinajstić information content (AvgIpc) is 2.86. The smallest absolute Gasteiger partial charge is 0.261 e. The second kappa shape index (κ2) is 6.42. The highest BCUT2D eigenvalue weighted by atomic mass is 19.3. The topological polar surface area (TPSA) is 74.2 Å². The first-order valence-electron chi connectivity index (χ1n) is 6.11. The Labute approximate surface area is 114 Å². The van der Waals surface area contributed by atoms with E-state index in [-0.39, 0.29) is 6.61 Å². The minimum absolute atomic E-state index is 0.124. The molecule has 0 radical (unpaired) electrons. The molecule has 0 spiro atoms. The zero-order valence-electron chi connectivity index (χ0n) is 11.0. The minimum Gasteiger partial charge on any atom is -0.398 e. The number of aromatic nitrogens is 2. The summed E-state index contributed by atoms with van der Waals surface area (Å²) in [7, 11) is 0. The van der Waals surface area contributed by atoms with Gasteiger partial charge in [-0.15, -0.1) is 0 Å². The Bertz CT molecular complexity index is 572. The zero-order chi connectivity index (χ0) is 14.5. The molecular formula is C13H15F2N3O2. The summed E-state index contributed by atoms with van der Waals surface area (Å²) in [6.07, 6.45) is -2.15. The molecule has 0 aliphatic carbocycles. The lowest BCUT2D eigenvalue weighted by atomic mass is 10.1. The Hall–Kier alpha value is -2.02. The molecule has 0 saturated heterocycles. The summed E-state index contributed by atoms with van der Waals surface area (Å²) in [6, 6.07) is 5.44. The van der Waals surface area contributed by atoms with Crippen molar-refractivity contribution >= 4 is 5.69 Å². The molecule has 0 bridgehead atoms. The molecule has 2 rings (SSSR count). The number of benzene rings is 1. The van der Waals surface area contributed by atoms with Crippen molar-refractivity contribution in [2.24, 2.45) is 0 Å². The van der Waals surface area contributed by atoms with Crippen molar-refractivity contribution in [2.45, 2.75) is 19.8 Å². The van der Waals surface area contributed by atoms with E-state index in [2.05, 4.69) is 10.1 Å². The van der Waals surface area contributed by atoms with Crippen LogP contribution in [0.1, 0.15) is 11.4 Å². The Morgan fingerprint density at radius 1 is 1.40 bits per heavy atom. The number of anilines is 1. The normalized spacial score (nSPS) is 11.2. The lowest BCUT2D eigenvalue weighted by Gasteiger charge is -2.00. The highest BCUT2D eigenvalue weighted by Crippen LogP contribution is 2.22. The van der Waals surface area contributed by atoms with Crippen LogP contribution < -0.4 is 5.73 Å². The van der Waals surface area contributed by atoms with Crippen LogP contribution in [0, 0.1) is 6.92 Å². The number of ether oxygens (including phenoxy) is 1. The average molecular weight is 283 g/mol. The van der Waals surface area contributed by atoms with Gasteiger partial charge in [0.1, 0.15) is 6.61 Å². The van der Waals surface area contributed by atoms with Crippen LogP contribution in [0.15, 0.2) is 22.7 Å². The van der Waals surface area contributed by atoms with E-state index >= 15 is 0 Å². The largest absolute Gasteiger partial charge is 0.398 e. The number of nitrogens with zero attached hydrogens (tertiary/aromatic N) is 2. The molecule has 108 valence electrons. The van der Waals surface area contributed by atoms with E-state index in [0.29, 0.717) is 23.8 Å². The van der Waals surface area contributed by atoms with Crippen molar-refractivity contribution in [1.29, 1.82) is 0 Å². The number of aryl methyl sites for hydroxylation is 1. The van der Waals surface area contributed by atoms with E-state index in [1.54, 1.807) is 6.07 Å². The van der Waals surface area contributed by atoms with E-state index in [4.69, 9.17) is 15.0 Å². The molecule has 1 aromatic carbocycles. The van der Waals surface area contributed by atoms with Crippen molar-refractivity contribution < 1.29 is 18.0 Å². The van der Waals surface area contributed by atoms with Gasteiger partial charge in [-0.3, -0.25) is 0 Å². The van der Waals surface area contributed by atoms with Crippen LogP contribution in [-0.2, 0) is 11.2 Å². The molecule has 1 aromatic heterocycles. The van der Waals surface area contributed by atoms with Gasteiger partial charge in [-0.25, -0.2) is 8.78 Å². The second-order valence-electron chi connectivity index (χ2n) is 4.30. The molecule has 20 heavy (non-hydrogen) atoms. The molecule has 1 heterocycles. The van der Waals surface area contributed by atoms with Gasteiger partial charge in [0.2, 0.25) is 0 Å². The van der Waals surface area contributed by atoms with Gasteiger partial charge >= 0.3 is 0 Å². The van der Waals surface area contributed by atoms with Gasteiger partial charge in [0.05, 0.1) is 6.61 Å². The Balaban J connectivity index is 1.96. The van der Waals surface area contributed by atoms with Crippen molar-refractivity contribution in [3.8, 4) is 11.5 Å². The zero-order valence-corrected chi connectivity index (χ0v) is 11.0. The molecule has 7 heteroatoms. The fraction of sp³-hybridized carbons (Fsp3) is 0.385. The van der Waals surface area contributed by atoms with Crippen molar-refractivity contribution in [3.63, 3.8) is 0 Å². The first-order valence-corrected chi connectivity index (χ1v) is 6.11. The molecule has 2 aromatic rings. The number of halogens is 2. The number of nitrogen functional groups attached to an aromatic ring is 1. The van der Waals surface area contributed by atoms with Gasteiger partial charge in [0, 0.05) is 17.7 Å². The SMILES string of the molecule is Cc1ccc(-c2nc(CCOCC(F)F)no2)cc1N. The van der Waals surface area contributed by atoms with Gasteiger partial charge in [-0.1, -0.05) is 11.2 Å². The van der Waals surface area contributed by atoms with Gasteiger partial charge in [-0.2, -0.15) is 4.98 Å². The van der Waals surface area contributed by atoms with E-state index in [9.17, 15) is 8.78 Å². The van der Waals surface area contributed by atoms with Crippen LogP contribution >= 0.6 is 0 Å². The minimum atomic E-state index is -2.47. The summed E-state index contributed by atoms with van der Waals surface area (Å²) in [5, 5.41) is 3.77. The van der Waals surface area contributed by atoms with Crippen LogP contribution in [0.4, 0.5) is 14.5 Å². The van der Waals surface area contributed by atoms with Gasteiger partial charge in [0.15, 0.2) is 5.82 Å². The maximum Gasteiger partial charge on any atom is 0.261 e. The van der Waals surface area contributed by atoms with Crippen LogP contribution in [-0.4, -0.2) is 29.8 Å². The van der Waals surface area contributed by atoms with E-state index in [1.165, 1.54) is 0 Å². The molecule has 0 saturated carbocycles. The van der Waals surface area contributed by atoms with Crippen molar-refractivity contribution in [2.75, 3.05) is 18.9 Å². The van der Waals surface area contributed by atoms with Crippen LogP contribution in [0.5, 0.6) is 0 Å².